The fourth-order valence-electron chi connectivity index (χ4n) is 2.65. The van der Waals surface area contributed by atoms with Crippen LogP contribution in [0.1, 0.15) is 73.6 Å². The molecule has 1 rings (SSSR count). The van der Waals surface area contributed by atoms with Crippen molar-refractivity contribution < 1.29 is 9.53 Å². The fourth-order valence-corrected chi connectivity index (χ4v) is 2.65. The maximum atomic E-state index is 12.4. The van der Waals surface area contributed by atoms with Crippen molar-refractivity contribution >= 4 is 5.97 Å². The lowest BCUT2D eigenvalue weighted by atomic mass is 9.78. The lowest BCUT2D eigenvalue weighted by Crippen LogP contribution is -2.46. The first kappa shape index (κ1) is 15.5. The van der Waals surface area contributed by atoms with E-state index in [0.29, 0.717) is 11.8 Å². The smallest absolute Gasteiger partial charge is 0.312 e. The molecule has 1 saturated carbocycles. The van der Waals surface area contributed by atoms with Gasteiger partial charge in [0.1, 0.15) is 5.60 Å². The monoisotopic (exact) mass is 254 g/mol. The highest BCUT2D eigenvalue weighted by atomic mass is 16.6. The molecule has 2 nitrogen and oxygen atoms in total. The molecule has 0 aromatic carbocycles. The molecule has 1 aliphatic carbocycles. The number of rotatable bonds is 5. The minimum atomic E-state index is -0.366. The summed E-state index contributed by atoms with van der Waals surface area (Å²) < 4.78 is 6.00. The van der Waals surface area contributed by atoms with Gasteiger partial charge in [-0.05, 0) is 51.9 Å². The van der Waals surface area contributed by atoms with Crippen LogP contribution in [0.4, 0.5) is 0 Å². The molecule has 0 spiro atoms. The minimum Gasteiger partial charge on any atom is -0.458 e. The molecule has 0 radical (unpaired) electrons. The van der Waals surface area contributed by atoms with Crippen LogP contribution in [-0.2, 0) is 9.53 Å². The van der Waals surface area contributed by atoms with Gasteiger partial charge in [-0.1, -0.05) is 33.6 Å². The fraction of sp³-hybridized carbons (Fsp3) is 0.938. The quantitative estimate of drug-likeness (QED) is 0.672. The predicted molar refractivity (Wildman–Crippen MR) is 75.4 cm³/mol. The zero-order valence-electron chi connectivity index (χ0n) is 13.0. The largest absolute Gasteiger partial charge is 0.458 e. The van der Waals surface area contributed by atoms with Gasteiger partial charge in [-0.25, -0.2) is 0 Å². The van der Waals surface area contributed by atoms with Crippen molar-refractivity contribution in [3.63, 3.8) is 0 Å². The minimum absolute atomic E-state index is 0.0342. The second kappa shape index (κ2) is 5.63. The van der Waals surface area contributed by atoms with Crippen molar-refractivity contribution in [2.75, 3.05) is 0 Å². The van der Waals surface area contributed by atoms with E-state index in [2.05, 4.69) is 20.8 Å². The summed E-state index contributed by atoms with van der Waals surface area (Å²) in [6, 6.07) is 0. The molecule has 1 atom stereocenters. The number of hydrogen-bond donors (Lipinski definition) is 0. The molecule has 1 aliphatic rings. The van der Waals surface area contributed by atoms with Crippen molar-refractivity contribution in [1.29, 1.82) is 0 Å². The summed E-state index contributed by atoms with van der Waals surface area (Å²) in [4.78, 5) is 12.4. The van der Waals surface area contributed by atoms with Crippen LogP contribution in [0.25, 0.3) is 0 Å². The lowest BCUT2D eigenvalue weighted by molar-refractivity contribution is -0.181. The molecular weight excluding hydrogens is 224 g/mol. The summed E-state index contributed by atoms with van der Waals surface area (Å²) in [7, 11) is 0. The molecule has 1 fully saturated rings. The summed E-state index contributed by atoms with van der Waals surface area (Å²) in [6.07, 6.45) is 5.79. The molecule has 0 bridgehead atoms. The molecule has 0 aliphatic heterocycles. The van der Waals surface area contributed by atoms with Gasteiger partial charge >= 0.3 is 5.97 Å². The normalized spacial score (nSPS) is 21.1. The van der Waals surface area contributed by atoms with E-state index in [-0.39, 0.29) is 17.0 Å². The van der Waals surface area contributed by atoms with E-state index >= 15 is 0 Å². The number of hydrogen-bond acceptors (Lipinski definition) is 2. The molecule has 0 aromatic heterocycles. The lowest BCUT2D eigenvalue weighted by Gasteiger charge is -2.41. The van der Waals surface area contributed by atoms with Gasteiger partial charge in [0.25, 0.3) is 0 Å². The van der Waals surface area contributed by atoms with E-state index in [4.69, 9.17) is 4.74 Å². The van der Waals surface area contributed by atoms with Crippen molar-refractivity contribution in [3.8, 4) is 0 Å². The zero-order chi connectivity index (χ0) is 14.0. The molecule has 0 amide bonds. The van der Waals surface area contributed by atoms with Gasteiger partial charge in [-0.3, -0.25) is 4.79 Å². The van der Waals surface area contributed by atoms with Gasteiger partial charge in [0.2, 0.25) is 0 Å². The van der Waals surface area contributed by atoms with E-state index in [0.717, 1.165) is 6.42 Å². The Kier molecular flexibility index (Phi) is 4.85. The van der Waals surface area contributed by atoms with Gasteiger partial charge in [0.05, 0.1) is 5.41 Å². The van der Waals surface area contributed by atoms with E-state index < -0.39 is 0 Å². The third-order valence-corrected chi connectivity index (χ3v) is 5.06. The van der Waals surface area contributed by atoms with Gasteiger partial charge in [0, 0.05) is 0 Å². The second-order valence-electron chi connectivity index (χ2n) is 6.95. The van der Waals surface area contributed by atoms with E-state index in [9.17, 15) is 4.79 Å². The van der Waals surface area contributed by atoms with Crippen LogP contribution in [0.3, 0.4) is 0 Å². The van der Waals surface area contributed by atoms with Gasteiger partial charge in [-0.15, -0.1) is 0 Å². The third-order valence-electron chi connectivity index (χ3n) is 5.06. The van der Waals surface area contributed by atoms with Crippen LogP contribution in [0.5, 0.6) is 0 Å². The van der Waals surface area contributed by atoms with Gasteiger partial charge in [-0.2, -0.15) is 0 Å². The molecule has 1 unspecified atom stereocenters. The summed E-state index contributed by atoms with van der Waals surface area (Å²) in [5, 5.41) is 0. The van der Waals surface area contributed by atoms with Crippen molar-refractivity contribution in [2.45, 2.75) is 79.2 Å². The standard InChI is InChI=1S/C16H30O2/c1-7-15(4,5)14(17)18-16(6,12(2)3)13-10-8-9-11-13/h12-13H,7-11H2,1-6H3. The van der Waals surface area contributed by atoms with Crippen LogP contribution in [0, 0.1) is 17.3 Å². The Morgan fingerprint density at radius 2 is 1.72 bits per heavy atom. The highest BCUT2D eigenvalue weighted by Gasteiger charge is 2.44. The van der Waals surface area contributed by atoms with Crippen LogP contribution in [0.15, 0.2) is 0 Å². The van der Waals surface area contributed by atoms with Crippen LogP contribution >= 0.6 is 0 Å². The SMILES string of the molecule is CCC(C)(C)C(=O)OC(C)(C(C)C)C1CCCC1. The molecule has 106 valence electrons. The van der Waals surface area contributed by atoms with Crippen molar-refractivity contribution in [1.82, 2.24) is 0 Å². The number of carbonyl (C=O) groups is 1. The number of ether oxygens (including phenoxy) is 1. The van der Waals surface area contributed by atoms with Crippen LogP contribution in [-0.4, -0.2) is 11.6 Å². The van der Waals surface area contributed by atoms with Crippen molar-refractivity contribution in [3.05, 3.63) is 0 Å². The second-order valence-corrected chi connectivity index (χ2v) is 6.95. The summed E-state index contributed by atoms with van der Waals surface area (Å²) in [6.45, 7) is 12.5. The Morgan fingerprint density at radius 3 is 2.11 bits per heavy atom. The predicted octanol–water partition coefficient (Wildman–Crippen LogP) is 4.57. The highest BCUT2D eigenvalue weighted by molar-refractivity contribution is 5.76. The number of esters is 1. The molecule has 18 heavy (non-hydrogen) atoms. The van der Waals surface area contributed by atoms with Crippen LogP contribution in [0.2, 0.25) is 0 Å². The summed E-state index contributed by atoms with van der Waals surface area (Å²) in [5.74, 6) is 0.874. The molecule has 0 N–H and O–H groups in total. The van der Waals surface area contributed by atoms with Gasteiger partial charge < -0.3 is 4.74 Å². The van der Waals surface area contributed by atoms with E-state index in [1.54, 1.807) is 0 Å². The zero-order valence-corrected chi connectivity index (χ0v) is 13.0. The molecule has 0 heterocycles. The first-order valence-corrected chi connectivity index (χ1v) is 7.47. The maximum Gasteiger partial charge on any atom is 0.312 e. The maximum absolute atomic E-state index is 12.4. The topological polar surface area (TPSA) is 26.3 Å². The van der Waals surface area contributed by atoms with E-state index in [1.165, 1.54) is 25.7 Å². The third kappa shape index (κ3) is 3.07. The van der Waals surface area contributed by atoms with Crippen LogP contribution < -0.4 is 0 Å². The first-order valence-electron chi connectivity index (χ1n) is 7.47. The summed E-state index contributed by atoms with van der Waals surface area (Å²) in [5.41, 5.74) is -0.658. The van der Waals surface area contributed by atoms with E-state index in [1.807, 2.05) is 20.8 Å². The van der Waals surface area contributed by atoms with Crippen molar-refractivity contribution in [2.24, 2.45) is 17.3 Å². The highest BCUT2D eigenvalue weighted by Crippen LogP contribution is 2.42. The first-order chi connectivity index (χ1) is 8.24. The van der Waals surface area contributed by atoms with Gasteiger partial charge in [0.15, 0.2) is 0 Å². The summed E-state index contributed by atoms with van der Waals surface area (Å²) >= 11 is 0. The molecule has 0 aromatic rings. The molecular formula is C16H30O2. The molecule has 0 saturated heterocycles. The number of carbonyl (C=O) groups excluding carboxylic acids is 1. The average molecular weight is 254 g/mol. The Balaban J connectivity index is 2.83. The Labute approximate surface area is 112 Å². The Morgan fingerprint density at radius 1 is 1.22 bits per heavy atom. The average Bonchev–Trinajstić information content (AvgIpc) is 2.82. The Hall–Kier alpha value is -0.530. The Bertz CT molecular complexity index is 287. The molecule has 2 heteroatoms.